The molecule has 0 saturated heterocycles. The molecule has 0 unspecified atom stereocenters. The van der Waals surface area contributed by atoms with Crippen LogP contribution in [0, 0.1) is 0 Å². The molecule has 0 radical (unpaired) electrons. The van der Waals surface area contributed by atoms with Crippen LogP contribution in [0.15, 0.2) is 77.0 Å². The van der Waals surface area contributed by atoms with E-state index in [0.717, 1.165) is 28.3 Å². The van der Waals surface area contributed by atoms with Gasteiger partial charge in [-0.1, -0.05) is 48.2 Å². The quantitative estimate of drug-likeness (QED) is 0.229. The van der Waals surface area contributed by atoms with Gasteiger partial charge in [0.25, 0.3) is 5.91 Å². The molecular weight excluding hydrogens is 406 g/mol. The van der Waals surface area contributed by atoms with E-state index in [4.69, 9.17) is 0 Å². The van der Waals surface area contributed by atoms with Gasteiger partial charge >= 0.3 is 0 Å². The van der Waals surface area contributed by atoms with Gasteiger partial charge in [0.05, 0.1) is 23.0 Å². The summed E-state index contributed by atoms with van der Waals surface area (Å²) >= 11 is 1.35. The van der Waals surface area contributed by atoms with Crippen LogP contribution in [0.2, 0.25) is 0 Å². The van der Waals surface area contributed by atoms with Gasteiger partial charge in [0.1, 0.15) is 0 Å². The standard InChI is InChI=1S/C24H21N5OS/c1-2-29-21-10-6-3-7-17(21)18-13-16(11-12-22(18)29)14-25-28-23(30)15-31-24-26-19-8-4-5-9-20(19)27-24/h3-14H,2,15H2,1H3,(H,26,27)(H,28,30)/b25-14-. The fourth-order valence-corrected chi connectivity index (χ4v) is 4.51. The van der Waals surface area contributed by atoms with E-state index in [9.17, 15) is 4.79 Å². The summed E-state index contributed by atoms with van der Waals surface area (Å²) in [5.74, 6) is 0.0607. The van der Waals surface area contributed by atoms with Crippen LogP contribution in [-0.4, -0.2) is 32.4 Å². The van der Waals surface area contributed by atoms with Crippen LogP contribution in [0.3, 0.4) is 0 Å². The number of H-pyrrole nitrogens is 1. The molecule has 2 aromatic heterocycles. The molecule has 3 aromatic carbocycles. The largest absolute Gasteiger partial charge is 0.341 e. The number of hydrogen-bond acceptors (Lipinski definition) is 4. The number of nitrogens with zero attached hydrogens (tertiary/aromatic N) is 3. The third kappa shape index (κ3) is 3.80. The summed E-state index contributed by atoms with van der Waals surface area (Å²) in [6.07, 6.45) is 1.68. The number of hydrazone groups is 1. The van der Waals surface area contributed by atoms with E-state index in [2.05, 4.69) is 68.4 Å². The van der Waals surface area contributed by atoms with E-state index in [1.165, 1.54) is 33.6 Å². The third-order valence-corrected chi connectivity index (χ3v) is 6.10. The van der Waals surface area contributed by atoms with E-state index in [1.54, 1.807) is 6.21 Å². The molecule has 0 aliphatic heterocycles. The number of aromatic nitrogens is 3. The number of carbonyl (C=O) groups excluding carboxylic acids is 1. The number of benzene rings is 3. The summed E-state index contributed by atoms with van der Waals surface area (Å²) in [6.45, 7) is 3.07. The minimum Gasteiger partial charge on any atom is -0.341 e. The van der Waals surface area contributed by atoms with Gasteiger partial charge in [-0.3, -0.25) is 4.79 Å². The molecule has 0 aliphatic rings. The van der Waals surface area contributed by atoms with E-state index in [-0.39, 0.29) is 11.7 Å². The molecule has 0 fully saturated rings. The number of para-hydroxylation sites is 3. The molecule has 6 nitrogen and oxygen atoms in total. The lowest BCUT2D eigenvalue weighted by atomic mass is 10.1. The number of fused-ring (bicyclic) bond motifs is 4. The third-order valence-electron chi connectivity index (χ3n) is 5.22. The van der Waals surface area contributed by atoms with E-state index in [0.29, 0.717) is 0 Å². The van der Waals surface area contributed by atoms with Crippen molar-refractivity contribution in [3.8, 4) is 0 Å². The molecule has 5 aromatic rings. The number of rotatable bonds is 6. The minimum atomic E-state index is -0.176. The van der Waals surface area contributed by atoms with Crippen molar-refractivity contribution in [1.29, 1.82) is 0 Å². The Balaban J connectivity index is 1.26. The van der Waals surface area contributed by atoms with Crippen molar-refractivity contribution in [2.24, 2.45) is 5.10 Å². The van der Waals surface area contributed by atoms with Crippen molar-refractivity contribution >= 4 is 56.7 Å². The number of aromatic amines is 1. The highest BCUT2D eigenvalue weighted by Crippen LogP contribution is 2.29. The van der Waals surface area contributed by atoms with Crippen molar-refractivity contribution < 1.29 is 4.79 Å². The summed E-state index contributed by atoms with van der Waals surface area (Å²) in [5, 5.41) is 7.27. The first-order chi connectivity index (χ1) is 15.2. The monoisotopic (exact) mass is 427 g/mol. The smallest absolute Gasteiger partial charge is 0.250 e. The second-order valence-electron chi connectivity index (χ2n) is 7.18. The number of thioether (sulfide) groups is 1. The van der Waals surface area contributed by atoms with Crippen molar-refractivity contribution in [3.05, 3.63) is 72.3 Å². The first-order valence-corrected chi connectivity index (χ1v) is 11.1. The average molecular weight is 428 g/mol. The Labute approximate surface area is 183 Å². The SMILES string of the molecule is CCn1c2ccccc2c2cc(/C=N\NC(=O)CSc3nc4ccccc4[nH]3)ccc21. The van der Waals surface area contributed by atoms with Crippen molar-refractivity contribution in [2.75, 3.05) is 5.75 Å². The number of aryl methyl sites for hydroxylation is 1. The molecule has 31 heavy (non-hydrogen) atoms. The van der Waals surface area contributed by atoms with Crippen LogP contribution in [-0.2, 0) is 11.3 Å². The Bertz CT molecular complexity index is 1400. The maximum Gasteiger partial charge on any atom is 0.250 e. The molecule has 5 rings (SSSR count). The second kappa shape index (κ2) is 8.28. The number of carbonyl (C=O) groups is 1. The number of hydrogen-bond donors (Lipinski definition) is 2. The molecule has 0 bridgehead atoms. The van der Waals surface area contributed by atoms with Crippen LogP contribution in [0.1, 0.15) is 12.5 Å². The molecular formula is C24H21N5OS. The average Bonchev–Trinajstić information content (AvgIpc) is 3.36. The Kier molecular flexibility index (Phi) is 5.18. The Hall–Kier alpha value is -3.58. The van der Waals surface area contributed by atoms with E-state index < -0.39 is 0 Å². The first-order valence-electron chi connectivity index (χ1n) is 10.1. The van der Waals surface area contributed by atoms with Gasteiger partial charge < -0.3 is 9.55 Å². The number of nitrogens with one attached hydrogen (secondary N) is 2. The Morgan fingerprint density at radius 2 is 1.90 bits per heavy atom. The van der Waals surface area contributed by atoms with Crippen LogP contribution < -0.4 is 5.43 Å². The predicted molar refractivity (Wildman–Crippen MR) is 128 cm³/mol. The van der Waals surface area contributed by atoms with E-state index >= 15 is 0 Å². The van der Waals surface area contributed by atoms with Gasteiger partial charge in [0.2, 0.25) is 0 Å². The molecule has 0 aliphatic carbocycles. The lowest BCUT2D eigenvalue weighted by molar-refractivity contribution is -0.118. The molecule has 154 valence electrons. The van der Waals surface area contributed by atoms with Crippen LogP contribution in [0.5, 0.6) is 0 Å². The molecule has 2 heterocycles. The molecule has 2 N–H and O–H groups in total. The van der Waals surface area contributed by atoms with Gasteiger partial charge in [-0.15, -0.1) is 0 Å². The van der Waals surface area contributed by atoms with Gasteiger partial charge in [-0.05, 0) is 42.8 Å². The topological polar surface area (TPSA) is 75.1 Å². The zero-order valence-electron chi connectivity index (χ0n) is 17.0. The number of imidazole rings is 1. The second-order valence-corrected chi connectivity index (χ2v) is 8.14. The fourth-order valence-electron chi connectivity index (χ4n) is 3.84. The summed E-state index contributed by atoms with van der Waals surface area (Å²) in [5.41, 5.74) is 7.82. The summed E-state index contributed by atoms with van der Waals surface area (Å²) in [4.78, 5) is 19.8. The molecule has 1 amide bonds. The maximum atomic E-state index is 12.2. The fraction of sp³-hybridized carbons (Fsp3) is 0.125. The Morgan fingerprint density at radius 3 is 2.77 bits per heavy atom. The van der Waals surface area contributed by atoms with Gasteiger partial charge in [-0.2, -0.15) is 5.10 Å². The lowest BCUT2D eigenvalue weighted by Crippen LogP contribution is -2.19. The molecule has 0 atom stereocenters. The van der Waals surface area contributed by atoms with Crippen molar-refractivity contribution in [2.45, 2.75) is 18.6 Å². The molecule has 0 saturated carbocycles. The highest BCUT2D eigenvalue weighted by Gasteiger charge is 2.09. The molecule has 0 spiro atoms. The first kappa shape index (κ1) is 19.4. The zero-order chi connectivity index (χ0) is 21.2. The predicted octanol–water partition coefficient (Wildman–Crippen LogP) is 4.93. The summed E-state index contributed by atoms with van der Waals surface area (Å²) < 4.78 is 2.31. The minimum absolute atomic E-state index is 0.176. The lowest BCUT2D eigenvalue weighted by Gasteiger charge is -2.02. The summed E-state index contributed by atoms with van der Waals surface area (Å²) in [7, 11) is 0. The Morgan fingerprint density at radius 1 is 1.10 bits per heavy atom. The van der Waals surface area contributed by atoms with Gasteiger partial charge in [-0.25, -0.2) is 10.4 Å². The zero-order valence-corrected chi connectivity index (χ0v) is 17.8. The van der Waals surface area contributed by atoms with Crippen LogP contribution >= 0.6 is 11.8 Å². The number of amides is 1. The van der Waals surface area contributed by atoms with Crippen molar-refractivity contribution in [1.82, 2.24) is 20.0 Å². The van der Waals surface area contributed by atoms with Crippen LogP contribution in [0.4, 0.5) is 0 Å². The summed E-state index contributed by atoms with van der Waals surface area (Å²) in [6, 6.07) is 22.4. The van der Waals surface area contributed by atoms with Gasteiger partial charge in [0, 0.05) is 28.4 Å². The van der Waals surface area contributed by atoms with Crippen LogP contribution in [0.25, 0.3) is 32.8 Å². The van der Waals surface area contributed by atoms with Crippen molar-refractivity contribution in [3.63, 3.8) is 0 Å². The highest BCUT2D eigenvalue weighted by atomic mass is 32.2. The maximum absolute atomic E-state index is 12.2. The highest BCUT2D eigenvalue weighted by molar-refractivity contribution is 7.99. The molecule has 7 heteroatoms. The normalized spacial score (nSPS) is 11.8. The van der Waals surface area contributed by atoms with E-state index in [1.807, 2.05) is 30.3 Å². The van der Waals surface area contributed by atoms with Gasteiger partial charge in [0.15, 0.2) is 5.16 Å².